The molecule has 0 unspecified atom stereocenters. The molecule has 6 nitrogen and oxygen atoms in total. The van der Waals surface area contributed by atoms with Gasteiger partial charge in [-0.1, -0.05) is 51.8 Å². The minimum Gasteiger partial charge on any atom is -0.378 e. The number of para-hydroxylation sites is 1. The summed E-state index contributed by atoms with van der Waals surface area (Å²) in [6.45, 7) is 3.60. The summed E-state index contributed by atoms with van der Waals surface area (Å²) in [5.74, 6) is -0.193. The van der Waals surface area contributed by atoms with E-state index in [-0.39, 0.29) is 16.6 Å². The number of hydrogen-bond acceptors (Lipinski definition) is 5. The van der Waals surface area contributed by atoms with Crippen LogP contribution in [0.25, 0.3) is 6.08 Å². The molecule has 0 bridgehead atoms. The molecule has 1 aliphatic rings. The van der Waals surface area contributed by atoms with Crippen LogP contribution in [0.1, 0.15) is 18.1 Å². The van der Waals surface area contributed by atoms with Gasteiger partial charge in [-0.2, -0.15) is 18.5 Å². The third-order valence-corrected chi connectivity index (χ3v) is 6.59. The number of benzene rings is 3. The molecule has 3 aromatic carbocycles. The highest BCUT2D eigenvalue weighted by atomic mass is 79.9. The molecule has 1 aliphatic heterocycles. The molecule has 0 spiro atoms. The lowest BCUT2D eigenvalue weighted by Gasteiger charge is -2.12. The van der Waals surface area contributed by atoms with E-state index in [1.165, 1.54) is 17.1 Å². The zero-order chi connectivity index (χ0) is 22.9. The predicted molar refractivity (Wildman–Crippen MR) is 128 cm³/mol. The lowest BCUT2D eigenvalue weighted by atomic mass is 10.1. The normalized spacial score (nSPS) is 15.2. The van der Waals surface area contributed by atoms with Crippen molar-refractivity contribution >= 4 is 49.4 Å². The van der Waals surface area contributed by atoms with Gasteiger partial charge in [0.05, 0.1) is 17.0 Å². The van der Waals surface area contributed by atoms with E-state index in [2.05, 4.69) is 21.0 Å². The summed E-state index contributed by atoms with van der Waals surface area (Å²) in [4.78, 5) is 13.1. The van der Waals surface area contributed by atoms with Crippen LogP contribution in [0.5, 0.6) is 5.75 Å². The second-order valence-electron chi connectivity index (χ2n) is 7.23. The minimum atomic E-state index is -4.05. The summed E-state index contributed by atoms with van der Waals surface area (Å²) >= 11 is 3.40. The number of hydrogen-bond donors (Lipinski definition) is 0. The van der Waals surface area contributed by atoms with E-state index < -0.39 is 10.1 Å². The predicted octanol–water partition coefficient (Wildman–Crippen LogP) is 5.33. The second kappa shape index (κ2) is 8.72. The number of nitrogens with zero attached hydrogens (tertiary/aromatic N) is 2. The average molecular weight is 511 g/mol. The summed E-state index contributed by atoms with van der Waals surface area (Å²) in [5.41, 5.74) is 2.89. The standard InChI is InChI=1S/C24H19BrN2O4S/c1-16-8-11-21(12-9-16)32(29,30)31-23-13-10-19(25)14-18(23)15-22-17(2)26-27(24(22)28)20-6-4-3-5-7-20/h3-15H,1-2H3/b22-15+. The number of aryl methyl sites for hydroxylation is 1. The van der Waals surface area contributed by atoms with Gasteiger partial charge in [-0.15, -0.1) is 0 Å². The van der Waals surface area contributed by atoms with Gasteiger partial charge in [0, 0.05) is 10.0 Å². The van der Waals surface area contributed by atoms with Crippen molar-refractivity contribution in [3.63, 3.8) is 0 Å². The molecule has 0 aliphatic carbocycles. The zero-order valence-electron chi connectivity index (χ0n) is 17.3. The van der Waals surface area contributed by atoms with E-state index in [4.69, 9.17) is 4.18 Å². The van der Waals surface area contributed by atoms with Crippen LogP contribution < -0.4 is 9.19 Å². The Balaban J connectivity index is 1.70. The van der Waals surface area contributed by atoms with E-state index >= 15 is 0 Å². The first-order valence-electron chi connectivity index (χ1n) is 9.72. The lowest BCUT2D eigenvalue weighted by molar-refractivity contribution is -0.114. The fourth-order valence-corrected chi connectivity index (χ4v) is 4.50. The van der Waals surface area contributed by atoms with Crippen molar-refractivity contribution in [2.24, 2.45) is 5.10 Å². The molecule has 0 aromatic heterocycles. The number of anilines is 1. The second-order valence-corrected chi connectivity index (χ2v) is 9.69. The highest BCUT2D eigenvalue weighted by Crippen LogP contribution is 2.31. The Kier molecular flexibility index (Phi) is 5.99. The number of rotatable bonds is 5. The van der Waals surface area contributed by atoms with E-state index in [1.807, 2.05) is 25.1 Å². The minimum absolute atomic E-state index is 0.0505. The molecule has 0 saturated heterocycles. The molecule has 3 aromatic rings. The number of hydrazone groups is 1. The largest absolute Gasteiger partial charge is 0.378 e. The van der Waals surface area contributed by atoms with E-state index in [1.54, 1.807) is 55.5 Å². The Labute approximate surface area is 195 Å². The van der Waals surface area contributed by atoms with E-state index in [9.17, 15) is 13.2 Å². The van der Waals surface area contributed by atoms with Crippen molar-refractivity contribution in [3.8, 4) is 5.75 Å². The van der Waals surface area contributed by atoms with Gasteiger partial charge in [0.15, 0.2) is 0 Å². The van der Waals surface area contributed by atoms with Gasteiger partial charge in [-0.05, 0) is 62.4 Å². The van der Waals surface area contributed by atoms with Gasteiger partial charge in [-0.25, -0.2) is 0 Å². The molecule has 162 valence electrons. The average Bonchev–Trinajstić information content (AvgIpc) is 3.05. The zero-order valence-corrected chi connectivity index (χ0v) is 19.7. The third-order valence-electron chi connectivity index (χ3n) is 4.84. The van der Waals surface area contributed by atoms with Crippen LogP contribution in [0.15, 0.2) is 92.8 Å². The Morgan fingerprint density at radius 1 is 0.969 bits per heavy atom. The molecule has 1 heterocycles. The summed E-state index contributed by atoms with van der Waals surface area (Å²) < 4.78 is 31.8. The smallest absolute Gasteiger partial charge is 0.339 e. The first-order valence-corrected chi connectivity index (χ1v) is 11.9. The van der Waals surface area contributed by atoms with Crippen LogP contribution in [-0.4, -0.2) is 20.0 Å². The van der Waals surface area contributed by atoms with Gasteiger partial charge in [0.25, 0.3) is 5.91 Å². The fourth-order valence-electron chi connectivity index (χ4n) is 3.16. The quantitative estimate of drug-likeness (QED) is 0.343. The van der Waals surface area contributed by atoms with Crippen LogP contribution >= 0.6 is 15.9 Å². The van der Waals surface area contributed by atoms with Crippen LogP contribution in [-0.2, 0) is 14.9 Å². The Morgan fingerprint density at radius 3 is 2.34 bits per heavy atom. The maximum absolute atomic E-state index is 13.0. The molecule has 32 heavy (non-hydrogen) atoms. The summed E-state index contributed by atoms with van der Waals surface area (Å²) in [6.07, 6.45) is 1.59. The van der Waals surface area contributed by atoms with Gasteiger partial charge in [0.1, 0.15) is 10.6 Å². The van der Waals surface area contributed by atoms with Crippen LogP contribution in [0.2, 0.25) is 0 Å². The molecule has 1 amide bonds. The lowest BCUT2D eigenvalue weighted by Crippen LogP contribution is -2.21. The first kappa shape index (κ1) is 22.0. The van der Waals surface area contributed by atoms with Crippen molar-refractivity contribution in [1.82, 2.24) is 0 Å². The third kappa shape index (κ3) is 4.51. The molecule has 0 saturated carbocycles. The fraction of sp³-hybridized carbons (Fsp3) is 0.0833. The van der Waals surface area contributed by atoms with Crippen LogP contribution in [0.4, 0.5) is 5.69 Å². The Morgan fingerprint density at radius 2 is 1.66 bits per heavy atom. The van der Waals surface area contributed by atoms with Gasteiger partial charge < -0.3 is 4.18 Å². The highest BCUT2D eigenvalue weighted by Gasteiger charge is 2.29. The van der Waals surface area contributed by atoms with Crippen molar-refractivity contribution in [2.75, 3.05) is 5.01 Å². The van der Waals surface area contributed by atoms with Crippen LogP contribution in [0.3, 0.4) is 0 Å². The summed E-state index contributed by atoms with van der Waals surface area (Å²) in [7, 11) is -4.05. The topological polar surface area (TPSA) is 76.0 Å². The van der Waals surface area contributed by atoms with E-state index in [0.717, 1.165) is 5.56 Å². The number of carbonyl (C=O) groups is 1. The molecular formula is C24H19BrN2O4S. The molecule has 0 N–H and O–H groups in total. The summed E-state index contributed by atoms with van der Waals surface area (Å²) in [6, 6.07) is 20.4. The van der Waals surface area contributed by atoms with Crippen molar-refractivity contribution in [3.05, 3.63) is 94.0 Å². The van der Waals surface area contributed by atoms with Gasteiger partial charge >= 0.3 is 10.1 Å². The van der Waals surface area contributed by atoms with Crippen LogP contribution in [0, 0.1) is 6.92 Å². The van der Waals surface area contributed by atoms with Gasteiger partial charge in [0.2, 0.25) is 0 Å². The summed E-state index contributed by atoms with van der Waals surface area (Å²) in [5, 5.41) is 5.68. The maximum Gasteiger partial charge on any atom is 0.339 e. The molecular weight excluding hydrogens is 492 g/mol. The molecule has 4 rings (SSSR count). The molecule has 0 radical (unpaired) electrons. The van der Waals surface area contributed by atoms with Gasteiger partial charge in [-0.3, -0.25) is 4.79 Å². The maximum atomic E-state index is 13.0. The van der Waals surface area contributed by atoms with E-state index in [0.29, 0.717) is 27.0 Å². The highest BCUT2D eigenvalue weighted by molar-refractivity contribution is 9.10. The monoisotopic (exact) mass is 510 g/mol. The van der Waals surface area contributed by atoms with Crippen molar-refractivity contribution in [2.45, 2.75) is 18.7 Å². The number of halogens is 1. The van der Waals surface area contributed by atoms with Crippen molar-refractivity contribution in [1.29, 1.82) is 0 Å². The SMILES string of the molecule is CC1=NN(c2ccccc2)C(=O)/C1=C/c1cc(Br)ccc1OS(=O)(=O)c1ccc(C)cc1. The number of amides is 1. The Bertz CT molecular complexity index is 1350. The molecule has 0 fully saturated rings. The van der Waals surface area contributed by atoms with Crippen molar-refractivity contribution < 1.29 is 17.4 Å². The Hall–Kier alpha value is -3.23. The molecule has 8 heteroatoms. The first-order chi connectivity index (χ1) is 15.2. The number of carbonyl (C=O) groups excluding carboxylic acids is 1. The molecule has 0 atom stereocenters.